The minimum absolute atomic E-state index is 0.0549. The van der Waals surface area contributed by atoms with Crippen molar-refractivity contribution in [3.8, 4) is 5.75 Å². The van der Waals surface area contributed by atoms with Gasteiger partial charge >= 0.3 is 0 Å². The van der Waals surface area contributed by atoms with Gasteiger partial charge in [-0.1, -0.05) is 50.6 Å². The molecule has 28 heavy (non-hydrogen) atoms. The zero-order valence-electron chi connectivity index (χ0n) is 17.2. The Bertz CT molecular complexity index is 824. The number of nitrogens with one attached hydrogen (secondary N) is 3. The van der Waals surface area contributed by atoms with E-state index in [2.05, 4.69) is 36.9 Å². The molecule has 0 aliphatic rings. The molecule has 0 bridgehead atoms. The van der Waals surface area contributed by atoms with Crippen molar-refractivity contribution in [3.63, 3.8) is 0 Å². The summed E-state index contributed by atoms with van der Waals surface area (Å²) in [5, 5.41) is 3.04. The van der Waals surface area contributed by atoms with Crippen LogP contribution in [0.3, 0.4) is 0 Å². The number of carbonyl (C=O) groups is 2. The smallest absolute Gasteiger partial charge is 0.276 e. The topological polar surface area (TPSA) is 79.5 Å². The predicted octanol–water partition coefficient (Wildman–Crippen LogP) is 3.24. The van der Waals surface area contributed by atoms with Crippen LogP contribution in [0.15, 0.2) is 42.5 Å². The molecule has 150 valence electrons. The first-order valence-corrected chi connectivity index (χ1v) is 9.27. The summed E-state index contributed by atoms with van der Waals surface area (Å²) in [7, 11) is 0. The Balaban J connectivity index is 1.71. The van der Waals surface area contributed by atoms with E-state index < -0.39 is 5.91 Å². The van der Waals surface area contributed by atoms with Crippen LogP contribution in [0.5, 0.6) is 5.75 Å². The molecule has 2 aromatic carbocycles. The molecular formula is C22H29N3O3. The molecule has 0 spiro atoms. The van der Waals surface area contributed by atoms with Gasteiger partial charge in [0.25, 0.3) is 11.8 Å². The second kappa shape index (κ2) is 9.26. The molecule has 6 nitrogen and oxygen atoms in total. The summed E-state index contributed by atoms with van der Waals surface area (Å²) in [6.45, 7) is 10.3. The van der Waals surface area contributed by atoms with Crippen molar-refractivity contribution in [3.05, 3.63) is 59.2 Å². The van der Waals surface area contributed by atoms with Gasteiger partial charge in [-0.05, 0) is 48.6 Å². The predicted molar refractivity (Wildman–Crippen MR) is 111 cm³/mol. The van der Waals surface area contributed by atoms with Crippen LogP contribution in [-0.4, -0.2) is 25.0 Å². The lowest BCUT2D eigenvalue weighted by Crippen LogP contribution is -2.46. The van der Waals surface area contributed by atoms with E-state index in [1.54, 1.807) is 0 Å². The SMILES string of the molecule is Cc1ccc(NCC(=O)NNC(=O)COc2ccc(C(C)(C)C)cc2)c(C)c1. The molecule has 0 heterocycles. The minimum Gasteiger partial charge on any atom is -0.484 e. The fourth-order valence-corrected chi connectivity index (χ4v) is 2.61. The fraction of sp³-hybridized carbons (Fsp3) is 0.364. The van der Waals surface area contributed by atoms with Crippen LogP contribution < -0.4 is 20.9 Å². The van der Waals surface area contributed by atoms with Gasteiger partial charge in [-0.2, -0.15) is 0 Å². The van der Waals surface area contributed by atoms with Gasteiger partial charge in [-0.25, -0.2) is 0 Å². The summed E-state index contributed by atoms with van der Waals surface area (Å²) in [5.74, 6) is -0.173. The molecule has 0 atom stereocenters. The molecule has 0 aliphatic carbocycles. The summed E-state index contributed by atoms with van der Waals surface area (Å²) in [4.78, 5) is 23.7. The number of benzene rings is 2. The highest BCUT2D eigenvalue weighted by Crippen LogP contribution is 2.24. The maximum absolute atomic E-state index is 11.9. The van der Waals surface area contributed by atoms with Crippen molar-refractivity contribution in [1.82, 2.24) is 10.9 Å². The first-order valence-electron chi connectivity index (χ1n) is 9.27. The normalized spacial score (nSPS) is 10.9. The number of ether oxygens (including phenoxy) is 1. The second-order valence-corrected chi connectivity index (χ2v) is 7.83. The quantitative estimate of drug-likeness (QED) is 0.669. The van der Waals surface area contributed by atoms with Crippen LogP contribution in [-0.2, 0) is 15.0 Å². The molecule has 0 radical (unpaired) electrons. The lowest BCUT2D eigenvalue weighted by molar-refractivity contribution is -0.129. The van der Waals surface area contributed by atoms with Gasteiger partial charge in [0.1, 0.15) is 5.75 Å². The molecular weight excluding hydrogens is 354 g/mol. The fourth-order valence-electron chi connectivity index (χ4n) is 2.61. The first-order chi connectivity index (χ1) is 13.1. The highest BCUT2D eigenvalue weighted by molar-refractivity contribution is 5.85. The van der Waals surface area contributed by atoms with Crippen molar-refractivity contribution in [2.75, 3.05) is 18.5 Å². The van der Waals surface area contributed by atoms with E-state index in [4.69, 9.17) is 4.74 Å². The molecule has 2 amide bonds. The van der Waals surface area contributed by atoms with Gasteiger partial charge in [-0.15, -0.1) is 0 Å². The van der Waals surface area contributed by atoms with Gasteiger partial charge in [0.2, 0.25) is 0 Å². The highest BCUT2D eigenvalue weighted by atomic mass is 16.5. The number of aryl methyl sites for hydroxylation is 2. The average molecular weight is 383 g/mol. The van der Waals surface area contributed by atoms with Crippen molar-refractivity contribution in [2.45, 2.75) is 40.0 Å². The summed E-state index contributed by atoms with van der Waals surface area (Å²) in [6, 6.07) is 13.6. The van der Waals surface area contributed by atoms with Gasteiger partial charge < -0.3 is 10.1 Å². The maximum atomic E-state index is 11.9. The number of amides is 2. The van der Waals surface area contributed by atoms with Crippen molar-refractivity contribution in [2.24, 2.45) is 0 Å². The largest absolute Gasteiger partial charge is 0.484 e. The number of hydrogen-bond donors (Lipinski definition) is 3. The Labute approximate surface area is 166 Å². The Kier molecular flexibility index (Phi) is 7.04. The molecule has 0 aromatic heterocycles. The third-order valence-corrected chi connectivity index (χ3v) is 4.25. The summed E-state index contributed by atoms with van der Waals surface area (Å²) in [6.07, 6.45) is 0. The lowest BCUT2D eigenvalue weighted by atomic mass is 9.87. The van der Waals surface area contributed by atoms with Crippen LogP contribution in [0.4, 0.5) is 5.69 Å². The van der Waals surface area contributed by atoms with Crippen LogP contribution in [0.1, 0.15) is 37.5 Å². The standard InChI is InChI=1S/C22H29N3O3/c1-15-6-11-19(16(2)12-15)23-13-20(26)24-25-21(27)14-28-18-9-7-17(8-10-18)22(3,4)5/h6-12,23H,13-14H2,1-5H3,(H,24,26)(H,25,27). The Hall–Kier alpha value is -3.02. The van der Waals surface area contributed by atoms with Gasteiger partial charge in [0.05, 0.1) is 6.54 Å². The van der Waals surface area contributed by atoms with Crippen LogP contribution >= 0.6 is 0 Å². The number of hydrazine groups is 1. The second-order valence-electron chi connectivity index (χ2n) is 7.83. The summed E-state index contributed by atoms with van der Waals surface area (Å²) < 4.78 is 5.44. The van der Waals surface area contributed by atoms with E-state index >= 15 is 0 Å². The van der Waals surface area contributed by atoms with Crippen LogP contribution in [0.25, 0.3) is 0 Å². The molecule has 0 aliphatic heterocycles. The highest BCUT2D eigenvalue weighted by Gasteiger charge is 2.13. The lowest BCUT2D eigenvalue weighted by Gasteiger charge is -2.19. The summed E-state index contributed by atoms with van der Waals surface area (Å²) >= 11 is 0. The molecule has 2 aromatic rings. The Morgan fingerprint density at radius 3 is 2.18 bits per heavy atom. The number of hydrogen-bond acceptors (Lipinski definition) is 4. The van der Waals surface area contributed by atoms with E-state index in [9.17, 15) is 9.59 Å². The van der Waals surface area contributed by atoms with Crippen molar-refractivity contribution < 1.29 is 14.3 Å². The average Bonchev–Trinajstić information content (AvgIpc) is 2.63. The first kappa shape index (κ1) is 21.3. The zero-order chi connectivity index (χ0) is 20.7. The zero-order valence-corrected chi connectivity index (χ0v) is 17.2. The molecule has 3 N–H and O–H groups in total. The molecule has 6 heteroatoms. The van der Waals surface area contributed by atoms with E-state index in [0.29, 0.717) is 5.75 Å². The van der Waals surface area contributed by atoms with Crippen LogP contribution in [0, 0.1) is 13.8 Å². The number of rotatable bonds is 6. The Morgan fingerprint density at radius 2 is 1.57 bits per heavy atom. The van der Waals surface area contributed by atoms with E-state index in [-0.39, 0.29) is 24.5 Å². The van der Waals surface area contributed by atoms with Gasteiger partial charge in [0, 0.05) is 5.69 Å². The van der Waals surface area contributed by atoms with E-state index in [0.717, 1.165) is 16.8 Å². The third kappa shape index (κ3) is 6.61. The summed E-state index contributed by atoms with van der Waals surface area (Å²) in [5.41, 5.74) is 9.06. The van der Waals surface area contributed by atoms with Crippen molar-refractivity contribution >= 4 is 17.5 Å². The maximum Gasteiger partial charge on any atom is 0.276 e. The van der Waals surface area contributed by atoms with E-state index in [1.807, 2.05) is 56.3 Å². The van der Waals surface area contributed by atoms with Gasteiger partial charge in [0.15, 0.2) is 6.61 Å². The minimum atomic E-state index is -0.431. The third-order valence-electron chi connectivity index (χ3n) is 4.25. The van der Waals surface area contributed by atoms with Crippen LogP contribution in [0.2, 0.25) is 0 Å². The molecule has 0 saturated carbocycles. The Morgan fingerprint density at radius 1 is 0.929 bits per heavy atom. The van der Waals surface area contributed by atoms with Crippen molar-refractivity contribution in [1.29, 1.82) is 0 Å². The number of carbonyl (C=O) groups excluding carboxylic acids is 2. The molecule has 0 fully saturated rings. The monoisotopic (exact) mass is 383 g/mol. The van der Waals surface area contributed by atoms with Gasteiger partial charge in [-0.3, -0.25) is 20.4 Å². The molecule has 0 unspecified atom stereocenters. The molecule has 0 saturated heterocycles. The molecule has 2 rings (SSSR count). The number of anilines is 1. The van der Waals surface area contributed by atoms with E-state index in [1.165, 1.54) is 5.56 Å².